The number of phosphoric ester groups is 1. The van der Waals surface area contributed by atoms with E-state index in [2.05, 4.69) is 148 Å². The first-order valence-electron chi connectivity index (χ1n) is 30.9. The van der Waals surface area contributed by atoms with Gasteiger partial charge in [0.2, 0.25) is 0 Å². The Hall–Kier alpha value is -3.85. The molecule has 0 aromatic rings. The molecule has 0 aliphatic heterocycles. The highest BCUT2D eigenvalue weighted by atomic mass is 31.2. The third-order valence-corrected chi connectivity index (χ3v) is 13.6. The Morgan fingerprint density at radius 3 is 1.09 bits per heavy atom. The zero-order chi connectivity index (χ0) is 57.0. The van der Waals surface area contributed by atoms with Gasteiger partial charge in [0, 0.05) is 12.8 Å². The molecule has 1 N–H and O–H groups in total. The Kier molecular flexibility index (Phi) is 55.0. The molecule has 0 fully saturated rings. The number of carbonyl (C=O) groups excluding carboxylic acids is 2. The molecule has 0 aromatic carbocycles. The van der Waals surface area contributed by atoms with Gasteiger partial charge in [-0.05, 0) is 116 Å². The number of likely N-dealkylation sites (N-methyl/N-ethyl adjacent to an activating group) is 1. The van der Waals surface area contributed by atoms with E-state index in [1.165, 1.54) is 77.0 Å². The van der Waals surface area contributed by atoms with E-state index in [4.69, 9.17) is 18.5 Å². The first-order chi connectivity index (χ1) is 38.0. The van der Waals surface area contributed by atoms with Crippen LogP contribution in [0, 0.1) is 0 Å². The van der Waals surface area contributed by atoms with Crippen LogP contribution in [0.1, 0.15) is 232 Å². The lowest BCUT2D eigenvalue weighted by Crippen LogP contribution is -2.37. The summed E-state index contributed by atoms with van der Waals surface area (Å²) < 4.78 is 34.6. The first kappa shape index (κ1) is 74.2. The minimum Gasteiger partial charge on any atom is -0.462 e. The molecule has 0 bridgehead atoms. The van der Waals surface area contributed by atoms with Crippen LogP contribution in [0.25, 0.3) is 0 Å². The lowest BCUT2D eigenvalue weighted by atomic mass is 10.1. The van der Waals surface area contributed by atoms with Crippen molar-refractivity contribution < 1.29 is 42.1 Å². The van der Waals surface area contributed by atoms with Crippen molar-refractivity contribution in [3.05, 3.63) is 134 Å². The number of nitrogens with zero attached hydrogens (tertiary/aromatic N) is 1. The zero-order valence-electron chi connectivity index (χ0n) is 50.3. The summed E-state index contributed by atoms with van der Waals surface area (Å²) in [4.78, 5) is 35.7. The van der Waals surface area contributed by atoms with E-state index in [1.54, 1.807) is 0 Å². The molecule has 0 saturated carbocycles. The second-order valence-corrected chi connectivity index (χ2v) is 22.8. The minimum atomic E-state index is -4.40. The van der Waals surface area contributed by atoms with Crippen LogP contribution in [0.4, 0.5) is 0 Å². The molecule has 78 heavy (non-hydrogen) atoms. The Balaban J connectivity index is 4.19. The average Bonchev–Trinajstić information content (AvgIpc) is 3.41. The van der Waals surface area contributed by atoms with Gasteiger partial charge in [0.05, 0.1) is 27.7 Å². The Morgan fingerprint density at radius 1 is 0.410 bits per heavy atom. The molecule has 0 heterocycles. The Bertz CT molecular complexity index is 1780. The summed E-state index contributed by atoms with van der Waals surface area (Å²) in [6.45, 7) is 4.27. The van der Waals surface area contributed by atoms with Gasteiger partial charge >= 0.3 is 19.8 Å². The second kappa shape index (κ2) is 57.8. The minimum absolute atomic E-state index is 0.0218. The monoisotopic (exact) mass is 1100 g/mol. The van der Waals surface area contributed by atoms with E-state index in [0.717, 1.165) is 122 Å². The molecule has 9 nitrogen and oxygen atoms in total. The fraction of sp³-hybridized carbons (Fsp3) is 0.647. The molecule has 0 saturated heterocycles. The van der Waals surface area contributed by atoms with Gasteiger partial charge in [0.25, 0.3) is 0 Å². The molecule has 2 unspecified atom stereocenters. The van der Waals surface area contributed by atoms with Crippen LogP contribution < -0.4 is 0 Å². The van der Waals surface area contributed by atoms with Crippen LogP contribution in [-0.4, -0.2) is 74.9 Å². The Morgan fingerprint density at radius 2 is 0.731 bits per heavy atom. The second-order valence-electron chi connectivity index (χ2n) is 21.4. The number of esters is 2. The molecule has 0 aromatic heterocycles. The maximum atomic E-state index is 12.8. The van der Waals surface area contributed by atoms with Crippen molar-refractivity contribution in [3.8, 4) is 0 Å². The predicted octanol–water partition coefficient (Wildman–Crippen LogP) is 19.7. The SMILES string of the molecule is CC/C=C\C/C=C\C/C=C\C/C=C\C/C=C\C/C=C\C/C=C\C/C=C\C/C=C\CCCCCCCCCC(=O)OC(COC(=O)CCCCCCCCCCC/C=C\C/C=C\CCCCC)COP(=O)(O)OCC[N+](C)(C)C. The van der Waals surface area contributed by atoms with Crippen LogP contribution in [0.15, 0.2) is 134 Å². The number of allylic oxidation sites excluding steroid dienone is 22. The molecule has 0 aliphatic rings. The summed E-state index contributed by atoms with van der Waals surface area (Å²) in [5.41, 5.74) is 0. The zero-order valence-corrected chi connectivity index (χ0v) is 51.2. The van der Waals surface area contributed by atoms with E-state index in [1.807, 2.05) is 21.1 Å². The number of ether oxygens (including phenoxy) is 2. The van der Waals surface area contributed by atoms with Gasteiger partial charge in [-0.2, -0.15) is 0 Å². The summed E-state index contributed by atoms with van der Waals surface area (Å²) in [7, 11) is 1.45. The smallest absolute Gasteiger partial charge is 0.462 e. The molecule has 0 spiro atoms. The predicted molar refractivity (Wildman–Crippen MR) is 334 cm³/mol. The topological polar surface area (TPSA) is 108 Å². The van der Waals surface area contributed by atoms with E-state index in [-0.39, 0.29) is 32.0 Å². The fourth-order valence-electron chi connectivity index (χ4n) is 7.92. The van der Waals surface area contributed by atoms with Crippen LogP contribution >= 0.6 is 7.82 Å². The number of hydrogen-bond donors (Lipinski definition) is 1. The Labute approximate surface area is 479 Å². The van der Waals surface area contributed by atoms with E-state index in [0.29, 0.717) is 17.4 Å². The number of rotatable bonds is 55. The first-order valence-corrected chi connectivity index (χ1v) is 32.4. The van der Waals surface area contributed by atoms with Crippen molar-refractivity contribution >= 4 is 19.8 Å². The van der Waals surface area contributed by atoms with Crippen molar-refractivity contribution in [3.63, 3.8) is 0 Å². The molecule has 0 aliphatic carbocycles. The number of phosphoric acid groups is 1. The van der Waals surface area contributed by atoms with Crippen LogP contribution in [0.3, 0.4) is 0 Å². The van der Waals surface area contributed by atoms with Crippen molar-refractivity contribution in [2.24, 2.45) is 0 Å². The van der Waals surface area contributed by atoms with Gasteiger partial charge in [-0.1, -0.05) is 237 Å². The number of unbranched alkanes of at least 4 members (excludes halogenated alkanes) is 19. The summed E-state index contributed by atoms with van der Waals surface area (Å²) in [5.74, 6) is -0.822. The third-order valence-electron chi connectivity index (χ3n) is 12.7. The highest BCUT2D eigenvalue weighted by Crippen LogP contribution is 2.43. The normalized spacial score (nSPS) is 14.2. The van der Waals surface area contributed by atoms with Gasteiger partial charge in [0.15, 0.2) is 6.10 Å². The molecule has 10 heteroatoms. The van der Waals surface area contributed by atoms with E-state index < -0.39 is 26.5 Å². The molecule has 0 amide bonds. The molecule has 2 atom stereocenters. The van der Waals surface area contributed by atoms with Gasteiger partial charge in [-0.3, -0.25) is 18.6 Å². The molecule has 0 rings (SSSR count). The lowest BCUT2D eigenvalue weighted by molar-refractivity contribution is -0.870. The maximum Gasteiger partial charge on any atom is 0.472 e. The van der Waals surface area contributed by atoms with Crippen molar-refractivity contribution in [2.45, 2.75) is 238 Å². The molecule has 444 valence electrons. The molecular weight excluding hydrogens is 990 g/mol. The van der Waals surface area contributed by atoms with Crippen molar-refractivity contribution in [1.82, 2.24) is 0 Å². The quantitative estimate of drug-likeness (QED) is 0.0211. The highest BCUT2D eigenvalue weighted by molar-refractivity contribution is 7.47. The van der Waals surface area contributed by atoms with Crippen molar-refractivity contribution in [1.29, 1.82) is 0 Å². The van der Waals surface area contributed by atoms with E-state index >= 15 is 0 Å². The number of quaternary nitrogens is 1. The van der Waals surface area contributed by atoms with E-state index in [9.17, 15) is 19.0 Å². The number of carbonyl (C=O) groups is 2. The van der Waals surface area contributed by atoms with Crippen molar-refractivity contribution in [2.75, 3.05) is 47.5 Å². The summed E-state index contributed by atoms with van der Waals surface area (Å²) >= 11 is 0. The maximum absolute atomic E-state index is 12.8. The summed E-state index contributed by atoms with van der Waals surface area (Å²) in [6, 6.07) is 0. The number of hydrogen-bond acceptors (Lipinski definition) is 7. The molecular formula is C68H115NO8P+. The highest BCUT2D eigenvalue weighted by Gasteiger charge is 2.27. The summed E-state index contributed by atoms with van der Waals surface area (Å²) in [5, 5.41) is 0. The van der Waals surface area contributed by atoms with Gasteiger partial charge in [-0.15, -0.1) is 0 Å². The van der Waals surface area contributed by atoms with Crippen LogP contribution in [0.2, 0.25) is 0 Å². The van der Waals surface area contributed by atoms with Gasteiger partial charge in [0.1, 0.15) is 19.8 Å². The average molecular weight is 1110 g/mol. The fourth-order valence-corrected chi connectivity index (χ4v) is 8.66. The summed E-state index contributed by atoms with van der Waals surface area (Å²) in [6.07, 6.45) is 83.8. The van der Waals surface area contributed by atoms with Gasteiger partial charge < -0.3 is 18.9 Å². The van der Waals surface area contributed by atoms with Crippen LogP contribution in [0.5, 0.6) is 0 Å². The van der Waals surface area contributed by atoms with Gasteiger partial charge in [-0.25, -0.2) is 4.57 Å². The standard InChI is InChI=1S/C68H114NO8P/c1-6-8-10-12-14-16-18-20-22-24-26-27-28-29-30-31-32-33-34-35-36-37-38-39-40-41-43-45-47-49-51-53-55-57-59-61-68(71)77-66(65-76-78(72,73)75-63-62-69(3,4)5)64-74-67(70)60-58-56-54-52-50-48-46-44-42-25-23-21-19-17-15-13-11-9-7-2/h8,10,14-17,20-23,26-27,29-30,32-33,35-36,38-39,41,43,66H,6-7,9,11-13,18-19,24-25,28,31,34,37,40,42,44-65H2,1-5H3/p+1/b10-8-,16-14-,17-15-,22-20-,23-21-,27-26-,30-29-,33-32-,36-35-,39-38-,43-41-. The largest absolute Gasteiger partial charge is 0.472 e. The third kappa shape index (κ3) is 61.4. The lowest BCUT2D eigenvalue weighted by Gasteiger charge is -2.24. The van der Waals surface area contributed by atoms with Crippen LogP contribution in [-0.2, 0) is 32.7 Å². The molecule has 0 radical (unpaired) electrons.